The van der Waals surface area contributed by atoms with Crippen molar-refractivity contribution in [1.82, 2.24) is 9.80 Å². The van der Waals surface area contributed by atoms with Gasteiger partial charge >= 0.3 is 5.97 Å². The third-order valence-electron chi connectivity index (χ3n) is 15.6. The Kier molecular flexibility index (Phi) is 9.58. The standard InChI is InChI=1S/C40H64N2O7/c1-24(2)27(48-26(4)43)12-11-25(3)33-34(45)35(46)38(8)29-14-13-28-36(5,6)30(15-16-39(28)23-40(29,39)18-17-37(33,38)7)49-32-22-42(19-20-47-32)21-31(44)41(9)10/h25,27-30,32-34,45H,1,11-23H2,2-10H3. The first-order valence-corrected chi connectivity index (χ1v) is 19.1. The number of hydrogen-bond donors (Lipinski definition) is 1. The van der Waals surface area contributed by atoms with Crippen molar-refractivity contribution in [2.75, 3.05) is 40.3 Å². The molecule has 12 unspecified atom stereocenters. The molecule has 5 aliphatic carbocycles. The first-order valence-electron chi connectivity index (χ1n) is 19.1. The van der Waals surface area contributed by atoms with Gasteiger partial charge < -0.3 is 24.2 Å². The fourth-order valence-corrected chi connectivity index (χ4v) is 13.0. The smallest absolute Gasteiger partial charge is 0.303 e. The predicted octanol–water partition coefficient (Wildman–Crippen LogP) is 5.63. The van der Waals surface area contributed by atoms with Gasteiger partial charge in [-0.15, -0.1) is 0 Å². The molecule has 0 radical (unpaired) electrons. The second-order valence-electron chi connectivity index (χ2n) is 18.4. The molecule has 9 nitrogen and oxygen atoms in total. The van der Waals surface area contributed by atoms with E-state index >= 15 is 0 Å². The summed E-state index contributed by atoms with van der Waals surface area (Å²) >= 11 is 0. The molecule has 0 aromatic rings. The molecule has 49 heavy (non-hydrogen) atoms. The van der Waals surface area contributed by atoms with Crippen LogP contribution in [0.5, 0.6) is 0 Å². The summed E-state index contributed by atoms with van der Waals surface area (Å²) in [5.41, 5.74) is 0.286. The molecular weight excluding hydrogens is 620 g/mol. The molecule has 1 N–H and O–H groups in total. The van der Waals surface area contributed by atoms with Gasteiger partial charge in [0.15, 0.2) is 12.1 Å². The lowest BCUT2D eigenvalue weighted by molar-refractivity contribution is -0.246. The molecule has 12 atom stereocenters. The summed E-state index contributed by atoms with van der Waals surface area (Å²) in [6.07, 6.45) is 7.27. The maximum Gasteiger partial charge on any atom is 0.303 e. The van der Waals surface area contributed by atoms with Crippen LogP contribution in [-0.4, -0.2) is 97.5 Å². The van der Waals surface area contributed by atoms with E-state index in [0.717, 1.165) is 57.1 Å². The average molecular weight is 685 g/mol. The maximum atomic E-state index is 14.5. The zero-order valence-electron chi connectivity index (χ0n) is 31.8. The molecule has 6 rings (SSSR count). The van der Waals surface area contributed by atoms with Crippen molar-refractivity contribution in [1.29, 1.82) is 0 Å². The average Bonchev–Trinajstić information content (AvgIpc) is 3.66. The van der Waals surface area contributed by atoms with E-state index < -0.39 is 11.5 Å². The molecule has 0 aromatic heterocycles. The fourth-order valence-electron chi connectivity index (χ4n) is 13.0. The second-order valence-corrected chi connectivity index (χ2v) is 18.4. The van der Waals surface area contributed by atoms with Crippen molar-refractivity contribution in [3.05, 3.63) is 12.2 Å². The minimum atomic E-state index is -0.965. The molecule has 1 heterocycles. The molecule has 0 aromatic carbocycles. The van der Waals surface area contributed by atoms with Crippen LogP contribution in [0.3, 0.4) is 0 Å². The Morgan fingerprint density at radius 1 is 1.04 bits per heavy atom. The molecule has 1 aliphatic heterocycles. The Balaban J connectivity index is 1.17. The number of ketones is 1. The number of esters is 1. The lowest BCUT2D eigenvalue weighted by Gasteiger charge is -2.62. The number of rotatable bonds is 10. The van der Waals surface area contributed by atoms with Crippen molar-refractivity contribution >= 4 is 17.7 Å². The number of carbonyl (C=O) groups is 3. The number of carbonyl (C=O) groups excluding carboxylic acids is 3. The number of hydrogen-bond acceptors (Lipinski definition) is 8. The van der Waals surface area contributed by atoms with E-state index in [2.05, 4.69) is 46.1 Å². The van der Waals surface area contributed by atoms with Gasteiger partial charge in [-0.1, -0.05) is 41.2 Å². The van der Waals surface area contributed by atoms with Gasteiger partial charge in [-0.05, 0) is 110 Å². The Hall–Kier alpha value is -1.81. The third kappa shape index (κ3) is 5.58. The Morgan fingerprint density at radius 3 is 2.37 bits per heavy atom. The van der Waals surface area contributed by atoms with Gasteiger partial charge in [0.25, 0.3) is 0 Å². The number of amides is 1. The van der Waals surface area contributed by atoms with Gasteiger partial charge in [0.2, 0.25) is 5.91 Å². The lowest BCUT2D eigenvalue weighted by atomic mass is 9.41. The zero-order chi connectivity index (χ0) is 35.9. The molecule has 1 saturated heterocycles. The van der Waals surface area contributed by atoms with Gasteiger partial charge in [0, 0.05) is 38.9 Å². The second kappa shape index (κ2) is 12.7. The Bertz CT molecular complexity index is 1350. The highest BCUT2D eigenvalue weighted by atomic mass is 16.7. The first kappa shape index (κ1) is 37.0. The summed E-state index contributed by atoms with van der Waals surface area (Å²) in [6, 6.07) is 0. The molecule has 5 saturated carbocycles. The molecule has 9 heteroatoms. The summed E-state index contributed by atoms with van der Waals surface area (Å²) in [7, 11) is 3.59. The van der Waals surface area contributed by atoms with Crippen molar-refractivity contribution in [2.45, 2.75) is 131 Å². The summed E-state index contributed by atoms with van der Waals surface area (Å²) in [4.78, 5) is 42.4. The van der Waals surface area contributed by atoms with Gasteiger partial charge in [0.05, 0.1) is 25.8 Å². The van der Waals surface area contributed by atoms with Gasteiger partial charge in [-0.2, -0.15) is 0 Å². The Labute approximate surface area is 294 Å². The van der Waals surface area contributed by atoms with Crippen LogP contribution < -0.4 is 0 Å². The highest BCUT2D eigenvalue weighted by Crippen LogP contribution is 2.88. The third-order valence-corrected chi connectivity index (χ3v) is 15.6. The quantitative estimate of drug-likeness (QED) is 0.233. The van der Waals surface area contributed by atoms with E-state index in [1.54, 1.807) is 19.0 Å². The van der Waals surface area contributed by atoms with Crippen molar-refractivity contribution in [3.8, 4) is 0 Å². The molecule has 6 fully saturated rings. The van der Waals surface area contributed by atoms with Crippen LogP contribution in [0, 0.1) is 50.7 Å². The topological polar surface area (TPSA) is 106 Å². The minimum absolute atomic E-state index is 0.0442. The van der Waals surface area contributed by atoms with E-state index in [9.17, 15) is 19.5 Å². The van der Waals surface area contributed by atoms with Gasteiger partial charge in [0.1, 0.15) is 12.2 Å². The van der Waals surface area contributed by atoms with Crippen LogP contribution in [0.4, 0.5) is 0 Å². The van der Waals surface area contributed by atoms with Gasteiger partial charge in [-0.3, -0.25) is 19.3 Å². The van der Waals surface area contributed by atoms with Gasteiger partial charge in [-0.25, -0.2) is 0 Å². The number of aliphatic hydroxyl groups is 1. The van der Waals surface area contributed by atoms with E-state index in [1.807, 2.05) is 6.92 Å². The number of ether oxygens (including phenoxy) is 3. The number of nitrogens with zero attached hydrogens (tertiary/aromatic N) is 2. The summed E-state index contributed by atoms with van der Waals surface area (Å²) in [5, 5.41) is 11.8. The minimum Gasteiger partial charge on any atom is -0.458 e. The zero-order valence-corrected chi connectivity index (χ0v) is 31.8. The highest BCUT2D eigenvalue weighted by Gasteiger charge is 2.84. The summed E-state index contributed by atoms with van der Waals surface area (Å²) in [6.45, 7) is 21.2. The SMILES string of the molecule is C=C(C)C(CCC(C)C1C(O)C(=O)C2(C)C3CCC4C(C)(C)C(OC5CN(CC(=O)N(C)C)CCO5)CCC45CC35CCC12C)OC(C)=O. The van der Waals surface area contributed by atoms with Crippen LogP contribution in [0.25, 0.3) is 0 Å². The lowest BCUT2D eigenvalue weighted by Crippen LogP contribution is -2.60. The monoisotopic (exact) mass is 684 g/mol. The van der Waals surface area contributed by atoms with E-state index in [0.29, 0.717) is 32.0 Å². The number of fused-ring (bicyclic) bond motifs is 2. The van der Waals surface area contributed by atoms with E-state index in [-0.39, 0.29) is 75.6 Å². The van der Waals surface area contributed by atoms with Crippen LogP contribution >= 0.6 is 0 Å². The molecule has 0 bridgehead atoms. The first-order chi connectivity index (χ1) is 22.9. The van der Waals surface area contributed by atoms with E-state index in [4.69, 9.17) is 14.2 Å². The normalized spacial score (nSPS) is 43.7. The van der Waals surface area contributed by atoms with Crippen LogP contribution in [0.1, 0.15) is 106 Å². The van der Waals surface area contributed by atoms with Crippen LogP contribution in [-0.2, 0) is 28.6 Å². The predicted molar refractivity (Wildman–Crippen MR) is 187 cm³/mol. The molecule has 6 aliphatic rings. The summed E-state index contributed by atoms with van der Waals surface area (Å²) < 4.78 is 18.5. The fraction of sp³-hybridized carbons (Fsp3) is 0.875. The summed E-state index contributed by atoms with van der Waals surface area (Å²) in [5.74, 6) is 0.614. The number of likely N-dealkylation sites (N-methyl/N-ethyl adjacent to an activating group) is 1. The van der Waals surface area contributed by atoms with Crippen molar-refractivity contribution in [3.63, 3.8) is 0 Å². The van der Waals surface area contributed by atoms with Crippen LogP contribution in [0.2, 0.25) is 0 Å². The Morgan fingerprint density at radius 2 is 1.71 bits per heavy atom. The maximum absolute atomic E-state index is 14.5. The number of Topliss-reactive ketones (excluding diaryl/α,β-unsaturated/α-hetero) is 1. The van der Waals surface area contributed by atoms with Crippen LogP contribution in [0.15, 0.2) is 12.2 Å². The molecule has 1 amide bonds. The number of aliphatic hydroxyl groups excluding tert-OH is 1. The number of morpholine rings is 1. The molecule has 276 valence electrons. The molecule has 2 spiro atoms. The van der Waals surface area contributed by atoms with Crippen molar-refractivity contribution in [2.24, 2.45) is 50.7 Å². The molecular formula is C40H64N2O7. The highest BCUT2D eigenvalue weighted by molar-refractivity contribution is 5.93. The largest absolute Gasteiger partial charge is 0.458 e. The van der Waals surface area contributed by atoms with Crippen molar-refractivity contribution < 1.29 is 33.7 Å². The van der Waals surface area contributed by atoms with E-state index in [1.165, 1.54) is 13.3 Å².